The molecule has 0 fully saturated rings. The standard InChI is InChI=1S/C90H100N3O10P3/c1-5-9-31-50-100-87-67-36-35-37-68(87)55-70-59-76(92-85(95)65-105(98,80-42-23-15-24-43-80)81-44-25-16-26-45-81)61-72(89(70)102-52-33-11-7-3)57-74-63-77(93-86(96)66-106(99,82-46-27-17-28-47-82)83-48-29-18-30-49-83)62-73(90(74)103-53-34-12-8-4)56-71-60-75(58-69(54-67)88(71)101-51-32-10-6-2)91-84(94)64-104(97,78-38-19-13-20-39-78)79-40-21-14-22-41-79/h13-30,35-49,58-63H,5-12,31-34,50-57,64-66H2,1-4H3,(H,91,94)(H,92,95)(H,93,96). The van der Waals surface area contributed by atoms with E-state index in [1.807, 2.05) is 224 Å². The van der Waals surface area contributed by atoms with Crippen LogP contribution in [0.3, 0.4) is 0 Å². The van der Waals surface area contributed by atoms with Crippen LogP contribution >= 0.6 is 21.4 Å². The number of anilines is 3. The van der Waals surface area contributed by atoms with Crippen LogP contribution < -0.4 is 66.7 Å². The third-order valence-electron chi connectivity index (χ3n) is 19.4. The first kappa shape index (κ1) is 77.6. The molecule has 1 aliphatic rings. The minimum Gasteiger partial charge on any atom is -0.493 e. The van der Waals surface area contributed by atoms with Gasteiger partial charge in [-0.3, -0.25) is 14.4 Å². The molecule has 10 aromatic rings. The van der Waals surface area contributed by atoms with Crippen molar-refractivity contribution < 1.29 is 47.0 Å². The van der Waals surface area contributed by atoms with E-state index in [1.54, 1.807) is 0 Å². The lowest BCUT2D eigenvalue weighted by atomic mass is 9.90. The molecule has 0 aliphatic heterocycles. The highest BCUT2D eigenvalue weighted by atomic mass is 31.2. The van der Waals surface area contributed by atoms with Gasteiger partial charge in [-0.05, 0) is 73.2 Å². The van der Waals surface area contributed by atoms with Crippen molar-refractivity contribution in [1.29, 1.82) is 0 Å². The molecule has 11 rings (SSSR count). The maximum absolute atomic E-state index is 15.7. The molecule has 0 heterocycles. The van der Waals surface area contributed by atoms with Gasteiger partial charge >= 0.3 is 0 Å². The molecule has 0 spiro atoms. The van der Waals surface area contributed by atoms with E-state index in [0.717, 1.165) is 99.3 Å². The fraction of sp³-hybridized carbons (Fsp3) is 0.300. The van der Waals surface area contributed by atoms with Gasteiger partial charge in [0.05, 0.1) is 44.9 Å². The number of carbonyl (C=O) groups is 3. The fourth-order valence-corrected chi connectivity index (χ4v) is 21.4. The summed E-state index contributed by atoms with van der Waals surface area (Å²) in [5, 5.41) is 13.2. The van der Waals surface area contributed by atoms with E-state index in [-0.39, 0.29) is 31.3 Å². The van der Waals surface area contributed by atoms with Crippen molar-refractivity contribution in [1.82, 2.24) is 0 Å². The number of hydrogen-bond acceptors (Lipinski definition) is 10. The summed E-state index contributed by atoms with van der Waals surface area (Å²) in [5.74, 6) is 1.17. The molecule has 0 atom stereocenters. The summed E-state index contributed by atoms with van der Waals surface area (Å²) in [6.45, 7) is 10.2. The van der Waals surface area contributed by atoms with Crippen LogP contribution in [0, 0.1) is 0 Å². The van der Waals surface area contributed by atoms with Gasteiger partial charge in [0.1, 0.15) is 23.0 Å². The minimum atomic E-state index is -3.59. The van der Waals surface area contributed by atoms with Gasteiger partial charge in [0.15, 0.2) is 21.4 Å². The molecule has 8 bridgehead atoms. The van der Waals surface area contributed by atoms with Gasteiger partial charge in [-0.1, -0.05) is 279 Å². The quantitative estimate of drug-likeness (QED) is 0.0256. The fourth-order valence-electron chi connectivity index (χ4n) is 14.1. The average Bonchev–Trinajstić information content (AvgIpc) is 0.761. The van der Waals surface area contributed by atoms with Crippen molar-refractivity contribution >= 4 is 88.0 Å². The van der Waals surface area contributed by atoms with E-state index in [0.29, 0.717) is 133 Å². The highest BCUT2D eigenvalue weighted by Gasteiger charge is 2.35. The van der Waals surface area contributed by atoms with Crippen LogP contribution in [-0.4, -0.2) is 62.6 Å². The van der Waals surface area contributed by atoms with Crippen molar-refractivity contribution in [2.24, 2.45) is 0 Å². The Labute approximate surface area is 626 Å². The Balaban J connectivity index is 1.14. The van der Waals surface area contributed by atoms with Crippen molar-refractivity contribution in [3.63, 3.8) is 0 Å². The van der Waals surface area contributed by atoms with Crippen LogP contribution in [0.15, 0.2) is 237 Å². The number of para-hydroxylation sites is 1. The highest BCUT2D eigenvalue weighted by Crippen LogP contribution is 2.48. The van der Waals surface area contributed by atoms with Gasteiger partial charge in [-0.2, -0.15) is 0 Å². The van der Waals surface area contributed by atoms with E-state index in [1.165, 1.54) is 0 Å². The molecule has 0 saturated carbocycles. The van der Waals surface area contributed by atoms with Crippen LogP contribution in [0.4, 0.5) is 17.1 Å². The summed E-state index contributed by atoms with van der Waals surface area (Å²) in [6.07, 6.45) is 10.6. The zero-order valence-electron chi connectivity index (χ0n) is 61.7. The molecule has 106 heavy (non-hydrogen) atoms. The summed E-state index contributed by atoms with van der Waals surface area (Å²) in [5.41, 5.74) is 7.44. The molecule has 550 valence electrons. The first-order valence-electron chi connectivity index (χ1n) is 37.8. The summed E-state index contributed by atoms with van der Waals surface area (Å²) < 4.78 is 75.8. The number of unbranched alkanes of at least 4 members (excludes halogenated alkanes) is 8. The topological polar surface area (TPSA) is 175 Å². The Hall–Kier alpha value is -9.50. The van der Waals surface area contributed by atoms with E-state index >= 15 is 28.1 Å². The SMILES string of the molecule is CCCCCOc1c2cccc1Cc1cc(NC(=O)CP(=O)(c3ccccc3)c3ccccc3)cc(c1OCCCCC)Cc1cc(NC(=O)CP(=O)(c3ccccc3)c3ccccc3)cc(c1OCCCCC)Cc1cc(NC(=O)CP(=O)(c3ccccc3)c3ccccc3)cc(c1OCCCCC)C2. The minimum absolute atomic E-state index is 0.156. The molecular weight excluding hydrogens is 1380 g/mol. The highest BCUT2D eigenvalue weighted by molar-refractivity contribution is 7.80. The molecule has 0 saturated heterocycles. The van der Waals surface area contributed by atoms with Gasteiger partial charge in [0, 0.05) is 108 Å². The first-order chi connectivity index (χ1) is 51.7. The summed E-state index contributed by atoms with van der Waals surface area (Å²) in [6, 6.07) is 73.1. The molecule has 3 N–H and O–H groups in total. The van der Waals surface area contributed by atoms with Crippen molar-refractivity contribution in [2.45, 2.75) is 130 Å². The van der Waals surface area contributed by atoms with E-state index in [9.17, 15) is 0 Å². The van der Waals surface area contributed by atoms with Gasteiger partial charge in [0.25, 0.3) is 0 Å². The number of ether oxygens (including phenoxy) is 4. The van der Waals surface area contributed by atoms with Crippen molar-refractivity contribution in [2.75, 3.05) is 60.9 Å². The van der Waals surface area contributed by atoms with Crippen LogP contribution in [0.25, 0.3) is 0 Å². The molecular formula is C90H100N3O10P3. The van der Waals surface area contributed by atoms with Crippen molar-refractivity contribution in [3.05, 3.63) is 281 Å². The number of hydrogen-bond donors (Lipinski definition) is 3. The Morgan fingerprint density at radius 3 is 0.679 bits per heavy atom. The summed E-state index contributed by atoms with van der Waals surface area (Å²) >= 11 is 0. The Bertz CT molecular complexity index is 4360. The second-order valence-electron chi connectivity index (χ2n) is 27.6. The molecule has 0 aromatic heterocycles. The zero-order valence-corrected chi connectivity index (χ0v) is 64.4. The number of carbonyl (C=O) groups excluding carboxylic acids is 3. The second kappa shape index (κ2) is 38.2. The Kier molecular flexibility index (Phi) is 27.9. The number of rotatable bonds is 35. The predicted octanol–water partition coefficient (Wildman–Crippen LogP) is 18.5. The molecule has 16 heteroatoms. The Morgan fingerprint density at radius 2 is 0.472 bits per heavy atom. The van der Waals surface area contributed by atoms with Crippen LogP contribution in [-0.2, 0) is 53.8 Å². The number of amides is 3. The lowest BCUT2D eigenvalue weighted by molar-refractivity contribution is -0.114. The van der Waals surface area contributed by atoms with Crippen LogP contribution in [0.1, 0.15) is 149 Å². The smallest absolute Gasteiger partial charge is 0.232 e. The molecule has 13 nitrogen and oxygen atoms in total. The summed E-state index contributed by atoms with van der Waals surface area (Å²) in [7, 11) is -10.7. The molecule has 0 radical (unpaired) electrons. The van der Waals surface area contributed by atoms with Crippen LogP contribution in [0.2, 0.25) is 0 Å². The largest absolute Gasteiger partial charge is 0.493 e. The second-order valence-corrected chi connectivity index (χ2v) is 36.0. The van der Waals surface area contributed by atoms with E-state index in [2.05, 4.69) is 55.8 Å². The molecule has 3 amide bonds. The number of nitrogens with one attached hydrogen (secondary N) is 3. The van der Waals surface area contributed by atoms with Gasteiger partial charge < -0.3 is 48.6 Å². The first-order valence-corrected chi connectivity index (χ1v) is 43.5. The third kappa shape index (κ3) is 19.9. The maximum Gasteiger partial charge on any atom is 0.232 e. The van der Waals surface area contributed by atoms with E-state index in [4.69, 9.17) is 18.9 Å². The predicted molar refractivity (Wildman–Crippen MR) is 437 cm³/mol. The van der Waals surface area contributed by atoms with Crippen molar-refractivity contribution in [3.8, 4) is 23.0 Å². The number of benzene rings is 10. The molecule has 0 unspecified atom stereocenters. The van der Waals surface area contributed by atoms with Gasteiger partial charge in [0.2, 0.25) is 17.7 Å². The Morgan fingerprint density at radius 1 is 0.274 bits per heavy atom. The lowest BCUT2D eigenvalue weighted by Crippen LogP contribution is -2.26. The summed E-state index contributed by atoms with van der Waals surface area (Å²) in [4.78, 5) is 45.5. The molecule has 1 aliphatic carbocycles. The maximum atomic E-state index is 15.7. The van der Waals surface area contributed by atoms with Gasteiger partial charge in [-0.25, -0.2) is 0 Å². The number of fused-ring (bicyclic) bond motifs is 8. The average molecular weight is 1480 g/mol. The lowest BCUT2D eigenvalue weighted by Gasteiger charge is -2.25. The van der Waals surface area contributed by atoms with Gasteiger partial charge in [-0.15, -0.1) is 0 Å². The monoisotopic (exact) mass is 1480 g/mol. The van der Waals surface area contributed by atoms with E-state index < -0.39 is 39.1 Å². The normalized spacial score (nSPS) is 12.2. The molecule has 10 aromatic carbocycles. The third-order valence-corrected chi connectivity index (χ3v) is 28.4. The zero-order chi connectivity index (χ0) is 74.1. The van der Waals surface area contributed by atoms with Crippen LogP contribution in [0.5, 0.6) is 23.0 Å².